The lowest BCUT2D eigenvalue weighted by atomic mass is 9.80. The predicted octanol–water partition coefficient (Wildman–Crippen LogP) is 3.56. The van der Waals surface area contributed by atoms with E-state index in [-0.39, 0.29) is 17.3 Å². The van der Waals surface area contributed by atoms with Gasteiger partial charge in [0.25, 0.3) is 10.1 Å². The van der Waals surface area contributed by atoms with Crippen molar-refractivity contribution in [1.82, 2.24) is 0 Å². The zero-order chi connectivity index (χ0) is 24.2. The fourth-order valence-electron chi connectivity index (χ4n) is 3.90. The summed E-state index contributed by atoms with van der Waals surface area (Å²) < 4.78 is 32.7. The Morgan fingerprint density at radius 2 is 1.61 bits per heavy atom. The largest absolute Gasteiger partial charge is 0.506 e. The summed E-state index contributed by atoms with van der Waals surface area (Å²) >= 11 is 0. The maximum Gasteiger partial charge on any atom is 0.264 e. The van der Waals surface area contributed by atoms with Gasteiger partial charge >= 0.3 is 0 Å². The van der Waals surface area contributed by atoms with E-state index in [1.165, 1.54) is 0 Å². The molecule has 0 saturated carbocycles. The zero-order valence-corrected chi connectivity index (χ0v) is 20.1. The Morgan fingerprint density at radius 3 is 2.12 bits per heavy atom. The maximum atomic E-state index is 12.8. The van der Waals surface area contributed by atoms with E-state index in [2.05, 4.69) is 16.4 Å². The molecule has 0 aromatic heterocycles. The number of hydrogen-bond donors (Lipinski definition) is 2. The van der Waals surface area contributed by atoms with Crippen molar-refractivity contribution in [3.05, 3.63) is 71.0 Å². The van der Waals surface area contributed by atoms with Gasteiger partial charge in [-0.2, -0.15) is 8.42 Å². The molecule has 1 aromatic carbocycles. The van der Waals surface area contributed by atoms with Gasteiger partial charge in [0.1, 0.15) is 19.4 Å². The number of aliphatic hydroxyl groups excluding tert-OH is 1. The summed E-state index contributed by atoms with van der Waals surface area (Å²) in [7, 11) is -1.94. The number of carbonyl (C=O) groups is 1. The van der Waals surface area contributed by atoms with Crippen molar-refractivity contribution in [2.24, 2.45) is 0 Å². The van der Waals surface area contributed by atoms with Gasteiger partial charge < -0.3 is 10.0 Å². The van der Waals surface area contributed by atoms with Crippen LogP contribution < -0.4 is 4.90 Å². The van der Waals surface area contributed by atoms with Crippen LogP contribution in [0.1, 0.15) is 32.3 Å². The number of aliphatic hydroxyl groups is 1. The molecule has 3 rings (SSSR count). The second-order valence-electron chi connectivity index (χ2n) is 8.11. The number of rotatable bonds is 9. The first-order chi connectivity index (χ1) is 15.7. The molecule has 0 heterocycles. The van der Waals surface area contributed by atoms with Gasteiger partial charge in [0.05, 0.1) is 16.9 Å². The van der Waals surface area contributed by atoms with Crippen molar-refractivity contribution >= 4 is 32.9 Å². The van der Waals surface area contributed by atoms with Crippen LogP contribution in [0.4, 0.5) is 5.69 Å². The number of ketones is 1. The maximum absolute atomic E-state index is 12.8. The number of Topliss-reactive ketones (excluding diaryl/α,β-unsaturated/α-hetero) is 1. The number of hydrogen-bond acceptors (Lipinski definition) is 5. The summed E-state index contributed by atoms with van der Waals surface area (Å²) in [6, 6.07) is 7.41. The van der Waals surface area contributed by atoms with Crippen LogP contribution in [0.25, 0.3) is 5.57 Å². The van der Waals surface area contributed by atoms with Crippen molar-refractivity contribution in [2.45, 2.75) is 26.7 Å². The van der Waals surface area contributed by atoms with Crippen molar-refractivity contribution in [3.63, 3.8) is 0 Å². The Hall–Kier alpha value is -2.97. The quantitative estimate of drug-likeness (QED) is 0.247. The number of anilines is 1. The molecule has 8 heteroatoms. The summed E-state index contributed by atoms with van der Waals surface area (Å²) in [5.41, 5.74) is 4.02. The Kier molecular flexibility index (Phi) is 7.71. The monoisotopic (exact) mass is 471 g/mol. The van der Waals surface area contributed by atoms with Crippen LogP contribution in [-0.4, -0.2) is 66.6 Å². The molecule has 2 aliphatic rings. The van der Waals surface area contributed by atoms with Crippen LogP contribution >= 0.6 is 0 Å². The summed E-state index contributed by atoms with van der Waals surface area (Å²) in [6.07, 6.45) is 8.60. The first-order valence-electron chi connectivity index (χ1n) is 11.1. The van der Waals surface area contributed by atoms with Gasteiger partial charge in [0.2, 0.25) is 5.78 Å². The standard InChI is InChI=1S/C25H30N2O5S/c1-4-26(3)20-12-8-18(9-13-20)22-24(28)23(25(22)29)19-10-14-21(15-11-19)27(5-2)16-6-7-17-33(30,31)32/h8-15H,4-7,16-17H2,1-3H3,(H-,28,29,30,31,32)/p+1. The number of unbranched alkanes of at least 4 members (excludes halogenated alkanes) is 1. The van der Waals surface area contributed by atoms with E-state index in [0.29, 0.717) is 41.7 Å². The number of benzene rings is 1. The van der Waals surface area contributed by atoms with E-state index in [1.54, 1.807) is 0 Å². The van der Waals surface area contributed by atoms with Crippen molar-refractivity contribution < 1.29 is 27.4 Å². The third-order valence-corrected chi connectivity index (χ3v) is 6.79. The fourth-order valence-corrected chi connectivity index (χ4v) is 4.47. The fraction of sp³-hybridized carbons (Fsp3) is 0.360. The van der Waals surface area contributed by atoms with E-state index < -0.39 is 10.1 Å². The normalized spacial score (nSPS) is 15.9. The van der Waals surface area contributed by atoms with E-state index >= 15 is 0 Å². The summed E-state index contributed by atoms with van der Waals surface area (Å²) in [5.74, 6) is -0.396. The van der Waals surface area contributed by atoms with Gasteiger partial charge in [-0.05, 0) is 62.1 Å². The van der Waals surface area contributed by atoms with Gasteiger partial charge in [-0.25, -0.2) is 4.58 Å². The van der Waals surface area contributed by atoms with E-state index in [4.69, 9.17) is 4.55 Å². The highest BCUT2D eigenvalue weighted by molar-refractivity contribution is 7.85. The molecule has 0 bridgehead atoms. The second-order valence-corrected chi connectivity index (χ2v) is 9.68. The molecule has 0 saturated heterocycles. The van der Waals surface area contributed by atoms with Crippen LogP contribution in [0.3, 0.4) is 0 Å². The minimum Gasteiger partial charge on any atom is -0.506 e. The van der Waals surface area contributed by atoms with Gasteiger partial charge in [0, 0.05) is 30.9 Å². The molecule has 0 spiro atoms. The third kappa shape index (κ3) is 5.69. The molecule has 2 N–H and O–H groups in total. The second kappa shape index (κ2) is 10.3. The molecular formula is C25H31N2O5S+. The lowest BCUT2D eigenvalue weighted by Crippen LogP contribution is -2.25. The van der Waals surface area contributed by atoms with Gasteiger partial charge in [-0.15, -0.1) is 0 Å². The SMILES string of the molecule is CCN(CCCCS(=O)(=O)O)c1ccc(C2=C(O)C(=C3C=CC(=[N+](C)CC)C=C3)C2=O)cc1. The summed E-state index contributed by atoms with van der Waals surface area (Å²) in [6.45, 7) is 6.33. The lowest BCUT2D eigenvalue weighted by molar-refractivity contribution is -0.491. The third-order valence-electron chi connectivity index (χ3n) is 5.98. The Morgan fingerprint density at radius 1 is 0.970 bits per heavy atom. The Bertz CT molecular complexity index is 1170. The molecule has 0 aliphatic heterocycles. The highest BCUT2D eigenvalue weighted by Crippen LogP contribution is 2.39. The average Bonchev–Trinajstić information content (AvgIpc) is 2.79. The van der Waals surface area contributed by atoms with Crippen LogP contribution in [0, 0.1) is 0 Å². The van der Waals surface area contributed by atoms with Crippen LogP contribution in [0.2, 0.25) is 0 Å². The number of allylic oxidation sites excluding steroid dienone is 7. The Balaban J connectivity index is 1.73. The first-order valence-corrected chi connectivity index (χ1v) is 12.7. The van der Waals surface area contributed by atoms with Gasteiger partial charge in [-0.1, -0.05) is 12.1 Å². The van der Waals surface area contributed by atoms with E-state index in [0.717, 1.165) is 24.5 Å². The van der Waals surface area contributed by atoms with Crippen molar-refractivity contribution in [2.75, 3.05) is 37.3 Å². The molecule has 0 atom stereocenters. The van der Waals surface area contributed by atoms with Crippen LogP contribution in [0.5, 0.6) is 0 Å². The van der Waals surface area contributed by atoms with Crippen LogP contribution in [-0.2, 0) is 14.9 Å². The predicted molar refractivity (Wildman–Crippen MR) is 132 cm³/mol. The molecule has 1 aromatic rings. The molecule has 7 nitrogen and oxygen atoms in total. The molecule has 33 heavy (non-hydrogen) atoms. The molecule has 0 amide bonds. The number of carbonyl (C=O) groups excluding carboxylic acids is 1. The zero-order valence-electron chi connectivity index (χ0n) is 19.3. The minimum absolute atomic E-state index is 0.0157. The van der Waals surface area contributed by atoms with Gasteiger partial charge in [0.15, 0.2) is 5.71 Å². The van der Waals surface area contributed by atoms with Crippen LogP contribution in [0.15, 0.2) is 65.5 Å². The highest BCUT2D eigenvalue weighted by atomic mass is 32.2. The molecule has 176 valence electrons. The van der Waals surface area contributed by atoms with Crippen molar-refractivity contribution in [1.29, 1.82) is 0 Å². The molecule has 0 unspecified atom stereocenters. The lowest BCUT2D eigenvalue weighted by Gasteiger charge is -2.25. The average molecular weight is 472 g/mol. The molecule has 0 fully saturated rings. The smallest absolute Gasteiger partial charge is 0.264 e. The highest BCUT2D eigenvalue weighted by Gasteiger charge is 2.36. The van der Waals surface area contributed by atoms with Crippen molar-refractivity contribution in [3.8, 4) is 0 Å². The van der Waals surface area contributed by atoms with E-state index in [1.807, 2.05) is 62.5 Å². The van der Waals surface area contributed by atoms with E-state index in [9.17, 15) is 18.3 Å². The number of nitrogens with zero attached hydrogens (tertiary/aromatic N) is 2. The topological polar surface area (TPSA) is 97.9 Å². The minimum atomic E-state index is -3.93. The first kappa shape index (κ1) is 24.7. The van der Waals surface area contributed by atoms with Gasteiger partial charge in [-0.3, -0.25) is 9.35 Å². The molecule has 2 aliphatic carbocycles. The Labute approximate surface area is 195 Å². The molecular weight excluding hydrogens is 440 g/mol. The summed E-state index contributed by atoms with van der Waals surface area (Å²) in [5, 5.41) is 10.6. The summed E-state index contributed by atoms with van der Waals surface area (Å²) in [4.78, 5) is 14.9. The molecule has 0 radical (unpaired) electrons.